The van der Waals surface area contributed by atoms with Crippen molar-refractivity contribution >= 4 is 5.97 Å². The van der Waals surface area contributed by atoms with E-state index in [4.69, 9.17) is 4.74 Å². The summed E-state index contributed by atoms with van der Waals surface area (Å²) in [5.74, 6) is 0.140. The van der Waals surface area contributed by atoms with E-state index in [1.807, 2.05) is 6.92 Å². The van der Waals surface area contributed by atoms with Gasteiger partial charge < -0.3 is 4.74 Å². The number of hydrogen-bond donors (Lipinski definition) is 0. The van der Waals surface area contributed by atoms with E-state index in [2.05, 4.69) is 61.5 Å². The lowest BCUT2D eigenvalue weighted by Gasteiger charge is -2.30. The van der Waals surface area contributed by atoms with Crippen molar-refractivity contribution in [2.45, 2.75) is 123 Å². The van der Waals surface area contributed by atoms with E-state index in [9.17, 15) is 10.1 Å². The Balaban J connectivity index is 1.42. The molecule has 0 spiro atoms. The fourth-order valence-electron chi connectivity index (χ4n) is 5.34. The summed E-state index contributed by atoms with van der Waals surface area (Å²) in [7, 11) is 0. The predicted molar refractivity (Wildman–Crippen MR) is 153 cm³/mol. The van der Waals surface area contributed by atoms with Gasteiger partial charge >= 0.3 is 5.97 Å². The molecule has 0 N–H and O–H groups in total. The Morgan fingerprint density at radius 2 is 1.38 bits per heavy atom. The number of aryl methyl sites for hydroxylation is 1. The molecule has 3 nitrogen and oxygen atoms in total. The maximum Gasteiger partial charge on any atom is 0.326 e. The van der Waals surface area contributed by atoms with Crippen LogP contribution in [0, 0.1) is 16.7 Å². The van der Waals surface area contributed by atoms with E-state index < -0.39 is 5.41 Å². The number of ether oxygens (including phenoxy) is 1. The summed E-state index contributed by atoms with van der Waals surface area (Å²) in [6.07, 6.45) is 16.3. The van der Waals surface area contributed by atoms with Crippen LogP contribution in [-0.4, -0.2) is 12.1 Å². The molecule has 0 bridgehead atoms. The largest absolute Gasteiger partial charge is 0.461 e. The van der Waals surface area contributed by atoms with Gasteiger partial charge in [0.15, 0.2) is 5.41 Å². The average Bonchev–Trinajstić information content (AvgIpc) is 2.95. The van der Waals surface area contributed by atoms with Gasteiger partial charge in [0.1, 0.15) is 6.10 Å². The van der Waals surface area contributed by atoms with Crippen LogP contribution in [0.15, 0.2) is 48.5 Å². The summed E-state index contributed by atoms with van der Waals surface area (Å²) >= 11 is 0. The second kappa shape index (κ2) is 15.0. The molecule has 3 heteroatoms. The fourth-order valence-corrected chi connectivity index (χ4v) is 5.34. The zero-order chi connectivity index (χ0) is 26.5. The molecule has 0 saturated heterocycles. The normalized spacial score (nSPS) is 19.1. The van der Waals surface area contributed by atoms with Crippen molar-refractivity contribution in [1.29, 1.82) is 5.26 Å². The van der Waals surface area contributed by atoms with Crippen LogP contribution in [-0.2, 0) is 16.0 Å². The topological polar surface area (TPSA) is 50.1 Å². The molecule has 1 aliphatic carbocycles. The van der Waals surface area contributed by atoms with Crippen molar-refractivity contribution in [3.63, 3.8) is 0 Å². The molecule has 0 radical (unpaired) electrons. The molecule has 1 saturated carbocycles. The van der Waals surface area contributed by atoms with Gasteiger partial charge in [0, 0.05) is 0 Å². The van der Waals surface area contributed by atoms with Crippen LogP contribution in [0.25, 0.3) is 11.1 Å². The predicted octanol–water partition coefficient (Wildman–Crippen LogP) is 9.55. The molecule has 1 atom stereocenters. The van der Waals surface area contributed by atoms with Crippen LogP contribution in [0.1, 0.15) is 121 Å². The first-order valence-corrected chi connectivity index (χ1v) is 14.8. The van der Waals surface area contributed by atoms with Gasteiger partial charge in [-0.3, -0.25) is 4.79 Å². The van der Waals surface area contributed by atoms with Gasteiger partial charge in [-0.15, -0.1) is 0 Å². The number of rotatable bonds is 14. The Kier molecular flexibility index (Phi) is 11.7. The van der Waals surface area contributed by atoms with Gasteiger partial charge in [0.2, 0.25) is 0 Å². The zero-order valence-corrected chi connectivity index (χ0v) is 23.4. The molecule has 0 amide bonds. The van der Waals surface area contributed by atoms with Gasteiger partial charge in [-0.2, -0.15) is 5.26 Å². The maximum atomic E-state index is 12.4. The highest BCUT2D eigenvalue weighted by molar-refractivity contribution is 5.79. The molecule has 0 heterocycles. The van der Waals surface area contributed by atoms with Crippen molar-refractivity contribution in [2.24, 2.45) is 5.41 Å². The van der Waals surface area contributed by atoms with Gasteiger partial charge in [0.05, 0.1) is 6.07 Å². The third-order valence-corrected chi connectivity index (χ3v) is 8.34. The number of nitrogens with zero attached hydrogens (tertiary/aromatic N) is 1. The van der Waals surface area contributed by atoms with Crippen molar-refractivity contribution < 1.29 is 9.53 Å². The van der Waals surface area contributed by atoms with Crippen LogP contribution in [0.2, 0.25) is 0 Å². The minimum Gasteiger partial charge on any atom is -0.461 e. The van der Waals surface area contributed by atoms with Gasteiger partial charge in [-0.1, -0.05) is 107 Å². The highest BCUT2D eigenvalue weighted by Crippen LogP contribution is 2.36. The standard InChI is InChI=1S/C34H47NO2/c1-4-6-7-8-9-10-11-12-13-27-14-16-28(17-15-27)29-18-20-30(21-19-29)31-22-24-32(25-23-31)37-33(36)34(3,5-2)26-35/h14-21,31-32H,4-13,22-25H2,1-3H3. The van der Waals surface area contributed by atoms with Crippen molar-refractivity contribution in [3.05, 3.63) is 59.7 Å². The number of unbranched alkanes of at least 4 members (excludes halogenated alkanes) is 7. The molecule has 1 aliphatic rings. The minimum absolute atomic E-state index is 0.0634. The number of benzene rings is 2. The summed E-state index contributed by atoms with van der Waals surface area (Å²) in [6, 6.07) is 20.3. The lowest BCUT2D eigenvalue weighted by Crippen LogP contribution is -2.33. The molecule has 2 aromatic rings. The van der Waals surface area contributed by atoms with E-state index in [1.165, 1.54) is 80.0 Å². The Hall–Kier alpha value is -2.60. The lowest BCUT2D eigenvalue weighted by atomic mass is 9.82. The summed E-state index contributed by atoms with van der Waals surface area (Å²) in [5.41, 5.74) is 4.32. The lowest BCUT2D eigenvalue weighted by molar-refractivity contribution is -0.159. The smallest absolute Gasteiger partial charge is 0.326 e. The molecule has 3 rings (SSSR count). The van der Waals surface area contributed by atoms with Crippen molar-refractivity contribution in [2.75, 3.05) is 0 Å². The van der Waals surface area contributed by atoms with Crippen LogP contribution in [0.5, 0.6) is 0 Å². The van der Waals surface area contributed by atoms with E-state index in [0.29, 0.717) is 12.3 Å². The third kappa shape index (κ3) is 8.74. The first-order chi connectivity index (χ1) is 18.0. The minimum atomic E-state index is -1.03. The van der Waals surface area contributed by atoms with Gasteiger partial charge in [-0.25, -0.2) is 0 Å². The van der Waals surface area contributed by atoms with E-state index in [-0.39, 0.29) is 12.1 Å². The SMILES string of the molecule is CCCCCCCCCCc1ccc(-c2ccc(C3CCC(OC(=O)C(C)(C#N)CC)CC3)cc2)cc1. The van der Waals surface area contributed by atoms with Crippen LogP contribution >= 0.6 is 0 Å². The summed E-state index contributed by atoms with van der Waals surface area (Å²) < 4.78 is 5.70. The van der Waals surface area contributed by atoms with Gasteiger partial charge in [0.25, 0.3) is 0 Å². The first kappa shape index (κ1) is 29.0. The number of carbonyl (C=O) groups excluding carboxylic acids is 1. The second-order valence-corrected chi connectivity index (χ2v) is 11.2. The van der Waals surface area contributed by atoms with E-state index in [1.54, 1.807) is 6.92 Å². The Morgan fingerprint density at radius 3 is 1.92 bits per heavy atom. The molecule has 1 fully saturated rings. The summed E-state index contributed by atoms with van der Waals surface area (Å²) in [4.78, 5) is 12.4. The number of carbonyl (C=O) groups is 1. The molecule has 2 aromatic carbocycles. The Morgan fingerprint density at radius 1 is 0.838 bits per heavy atom. The highest BCUT2D eigenvalue weighted by Gasteiger charge is 2.35. The molecule has 1 unspecified atom stereocenters. The molecule has 0 aromatic heterocycles. The van der Waals surface area contributed by atoms with E-state index >= 15 is 0 Å². The van der Waals surface area contributed by atoms with Crippen LogP contribution in [0.4, 0.5) is 0 Å². The number of hydrogen-bond acceptors (Lipinski definition) is 3. The van der Waals surface area contributed by atoms with Crippen molar-refractivity contribution in [3.8, 4) is 17.2 Å². The second-order valence-electron chi connectivity index (χ2n) is 11.2. The average molecular weight is 502 g/mol. The van der Waals surface area contributed by atoms with E-state index in [0.717, 1.165) is 25.7 Å². The first-order valence-electron chi connectivity index (χ1n) is 14.8. The highest BCUT2D eigenvalue weighted by atomic mass is 16.5. The number of esters is 1. The maximum absolute atomic E-state index is 12.4. The molecule has 37 heavy (non-hydrogen) atoms. The summed E-state index contributed by atoms with van der Waals surface area (Å²) in [6.45, 7) is 5.81. The third-order valence-electron chi connectivity index (χ3n) is 8.34. The Labute approximate surface area is 225 Å². The number of nitriles is 1. The Bertz CT molecular complexity index is 980. The molecule has 0 aliphatic heterocycles. The fraction of sp³-hybridized carbons (Fsp3) is 0.588. The molecular formula is C34H47NO2. The van der Waals surface area contributed by atoms with Gasteiger partial charge in [-0.05, 0) is 80.0 Å². The van der Waals surface area contributed by atoms with Crippen LogP contribution in [0.3, 0.4) is 0 Å². The monoisotopic (exact) mass is 501 g/mol. The van der Waals surface area contributed by atoms with Crippen LogP contribution < -0.4 is 0 Å². The molecular weight excluding hydrogens is 454 g/mol. The summed E-state index contributed by atoms with van der Waals surface area (Å²) in [5, 5.41) is 9.32. The van der Waals surface area contributed by atoms with Crippen molar-refractivity contribution in [1.82, 2.24) is 0 Å². The quantitative estimate of drug-likeness (QED) is 0.191. The molecule has 200 valence electrons. The zero-order valence-electron chi connectivity index (χ0n) is 23.4.